The lowest BCUT2D eigenvalue weighted by molar-refractivity contribution is -0.144. The summed E-state index contributed by atoms with van der Waals surface area (Å²) in [4.78, 5) is 11.4. The van der Waals surface area contributed by atoms with E-state index in [1.165, 1.54) is 5.56 Å². The quantitative estimate of drug-likeness (QED) is 0.885. The summed E-state index contributed by atoms with van der Waals surface area (Å²) in [6, 6.07) is 5.90. The molecule has 0 radical (unpaired) electrons. The highest BCUT2D eigenvalue weighted by Gasteiger charge is 2.42. The predicted octanol–water partition coefficient (Wildman–Crippen LogP) is 3.47. The third-order valence-corrected chi connectivity index (χ3v) is 4.88. The van der Waals surface area contributed by atoms with Crippen molar-refractivity contribution >= 4 is 5.97 Å². The largest absolute Gasteiger partial charge is 0.481 e. The number of hydrogen-bond donors (Lipinski definition) is 2. The van der Waals surface area contributed by atoms with Crippen LogP contribution in [0.2, 0.25) is 0 Å². The van der Waals surface area contributed by atoms with E-state index >= 15 is 0 Å². The van der Waals surface area contributed by atoms with Gasteiger partial charge in [0.2, 0.25) is 0 Å². The summed E-state index contributed by atoms with van der Waals surface area (Å²) in [6.45, 7) is 6.15. The molecule has 1 aromatic rings. The molecule has 1 aliphatic carbocycles. The first-order valence-electron chi connectivity index (χ1n) is 7.42. The van der Waals surface area contributed by atoms with Crippen molar-refractivity contribution < 1.29 is 15.0 Å². The molecule has 0 spiro atoms. The number of hydrogen-bond acceptors (Lipinski definition) is 2. The molecule has 2 rings (SSSR count). The summed E-state index contributed by atoms with van der Waals surface area (Å²) in [6.07, 6.45) is 1.81. The van der Waals surface area contributed by atoms with Crippen LogP contribution < -0.4 is 0 Å². The topological polar surface area (TPSA) is 57.5 Å². The van der Waals surface area contributed by atoms with E-state index < -0.39 is 18.0 Å². The van der Waals surface area contributed by atoms with Crippen LogP contribution in [0, 0.1) is 31.6 Å². The van der Waals surface area contributed by atoms with E-state index in [1.54, 1.807) is 0 Å². The number of aliphatic carboxylic acids is 1. The molecule has 3 heteroatoms. The number of aliphatic hydroxyl groups excluding tert-OH is 1. The SMILES string of the molecule is CCC1CC(C(=O)O)C(C(O)c2ccc(C)c(C)c2)C1. The van der Waals surface area contributed by atoms with Gasteiger partial charge in [0, 0.05) is 5.92 Å². The average Bonchev–Trinajstić information content (AvgIpc) is 2.85. The molecule has 0 amide bonds. The van der Waals surface area contributed by atoms with E-state index in [2.05, 4.69) is 6.92 Å². The van der Waals surface area contributed by atoms with Gasteiger partial charge in [0.1, 0.15) is 0 Å². The van der Waals surface area contributed by atoms with Crippen LogP contribution in [-0.4, -0.2) is 16.2 Å². The molecule has 20 heavy (non-hydrogen) atoms. The Labute approximate surface area is 120 Å². The Morgan fingerprint density at radius 3 is 2.55 bits per heavy atom. The summed E-state index contributed by atoms with van der Waals surface area (Å²) in [5.74, 6) is -0.938. The van der Waals surface area contributed by atoms with Crippen molar-refractivity contribution in [2.75, 3.05) is 0 Å². The fourth-order valence-corrected chi connectivity index (χ4v) is 3.34. The zero-order valence-corrected chi connectivity index (χ0v) is 12.5. The number of carboxylic acids is 1. The molecular formula is C17H24O3. The van der Waals surface area contributed by atoms with Crippen molar-refractivity contribution in [3.63, 3.8) is 0 Å². The fourth-order valence-electron chi connectivity index (χ4n) is 3.34. The summed E-state index contributed by atoms with van der Waals surface area (Å²) < 4.78 is 0. The Hall–Kier alpha value is -1.35. The molecular weight excluding hydrogens is 252 g/mol. The first kappa shape index (κ1) is 15.0. The molecule has 1 saturated carbocycles. The monoisotopic (exact) mass is 276 g/mol. The van der Waals surface area contributed by atoms with E-state index in [0.717, 1.165) is 24.0 Å². The van der Waals surface area contributed by atoms with Crippen molar-refractivity contribution in [1.29, 1.82) is 0 Å². The fraction of sp³-hybridized carbons (Fsp3) is 0.588. The van der Waals surface area contributed by atoms with Crippen LogP contribution in [0.5, 0.6) is 0 Å². The van der Waals surface area contributed by atoms with E-state index in [-0.39, 0.29) is 5.92 Å². The third kappa shape index (κ3) is 2.88. The first-order chi connectivity index (χ1) is 9.43. The number of benzene rings is 1. The Kier molecular flexibility index (Phi) is 4.48. The number of aliphatic hydroxyl groups is 1. The van der Waals surface area contributed by atoms with Gasteiger partial charge in [0.25, 0.3) is 0 Å². The molecule has 4 unspecified atom stereocenters. The second-order valence-electron chi connectivity index (χ2n) is 6.14. The van der Waals surface area contributed by atoms with Crippen LogP contribution in [0.15, 0.2) is 18.2 Å². The van der Waals surface area contributed by atoms with Crippen LogP contribution in [0.3, 0.4) is 0 Å². The molecule has 0 aliphatic heterocycles. The minimum absolute atomic E-state index is 0.167. The van der Waals surface area contributed by atoms with Crippen molar-refractivity contribution in [3.05, 3.63) is 34.9 Å². The Balaban J connectivity index is 2.23. The lowest BCUT2D eigenvalue weighted by atomic mass is 9.86. The van der Waals surface area contributed by atoms with Crippen molar-refractivity contribution in [2.45, 2.75) is 46.1 Å². The van der Waals surface area contributed by atoms with Gasteiger partial charge in [-0.1, -0.05) is 31.5 Å². The van der Waals surface area contributed by atoms with Crippen LogP contribution in [-0.2, 0) is 4.79 Å². The maximum absolute atomic E-state index is 11.4. The molecule has 1 aliphatic rings. The summed E-state index contributed by atoms with van der Waals surface area (Å²) >= 11 is 0. The van der Waals surface area contributed by atoms with Gasteiger partial charge in [0.05, 0.1) is 12.0 Å². The van der Waals surface area contributed by atoms with Crippen molar-refractivity contribution in [2.24, 2.45) is 17.8 Å². The molecule has 2 N–H and O–H groups in total. The Morgan fingerprint density at radius 2 is 2.00 bits per heavy atom. The summed E-state index contributed by atoms with van der Waals surface area (Å²) in [7, 11) is 0. The minimum atomic E-state index is -0.770. The van der Waals surface area contributed by atoms with Crippen LogP contribution >= 0.6 is 0 Å². The summed E-state index contributed by atoms with van der Waals surface area (Å²) in [5, 5.41) is 20.0. The number of aryl methyl sites for hydroxylation is 2. The van der Waals surface area contributed by atoms with Gasteiger partial charge < -0.3 is 10.2 Å². The van der Waals surface area contributed by atoms with Gasteiger partial charge in [-0.05, 0) is 49.3 Å². The second kappa shape index (κ2) is 5.96. The normalized spacial score (nSPS) is 27.5. The van der Waals surface area contributed by atoms with Gasteiger partial charge in [0.15, 0.2) is 0 Å². The smallest absolute Gasteiger partial charge is 0.306 e. The number of carbonyl (C=O) groups is 1. The molecule has 1 aromatic carbocycles. The molecule has 3 nitrogen and oxygen atoms in total. The highest BCUT2D eigenvalue weighted by molar-refractivity contribution is 5.71. The highest BCUT2D eigenvalue weighted by Crippen LogP contribution is 2.44. The first-order valence-corrected chi connectivity index (χ1v) is 7.42. The lowest BCUT2D eigenvalue weighted by Gasteiger charge is -2.23. The zero-order valence-electron chi connectivity index (χ0n) is 12.5. The minimum Gasteiger partial charge on any atom is -0.481 e. The zero-order chi connectivity index (χ0) is 14.9. The Bertz CT molecular complexity index is 495. The molecule has 1 fully saturated rings. The molecule has 0 bridgehead atoms. The molecule has 4 atom stereocenters. The van der Waals surface area contributed by atoms with E-state index in [9.17, 15) is 15.0 Å². The van der Waals surface area contributed by atoms with Crippen molar-refractivity contribution in [1.82, 2.24) is 0 Å². The standard InChI is InChI=1S/C17H24O3/c1-4-12-8-14(15(9-12)17(19)20)16(18)13-6-5-10(2)11(3)7-13/h5-7,12,14-16,18H,4,8-9H2,1-3H3,(H,19,20). The molecule has 0 heterocycles. The number of carboxylic acid groups (broad SMARTS) is 1. The lowest BCUT2D eigenvalue weighted by Crippen LogP contribution is -2.23. The van der Waals surface area contributed by atoms with Gasteiger partial charge in [-0.25, -0.2) is 0 Å². The maximum Gasteiger partial charge on any atom is 0.306 e. The Morgan fingerprint density at radius 1 is 1.30 bits per heavy atom. The van der Waals surface area contributed by atoms with E-state index in [0.29, 0.717) is 12.3 Å². The highest BCUT2D eigenvalue weighted by atomic mass is 16.4. The summed E-state index contributed by atoms with van der Waals surface area (Å²) in [5.41, 5.74) is 3.17. The molecule has 0 aromatic heterocycles. The number of rotatable bonds is 4. The third-order valence-electron chi connectivity index (χ3n) is 4.88. The van der Waals surface area contributed by atoms with Crippen LogP contribution in [0.25, 0.3) is 0 Å². The van der Waals surface area contributed by atoms with Crippen LogP contribution in [0.1, 0.15) is 49.0 Å². The maximum atomic E-state index is 11.4. The van der Waals surface area contributed by atoms with Gasteiger partial charge >= 0.3 is 5.97 Å². The van der Waals surface area contributed by atoms with Gasteiger partial charge in [-0.2, -0.15) is 0 Å². The molecule has 0 saturated heterocycles. The van der Waals surface area contributed by atoms with Gasteiger partial charge in [-0.3, -0.25) is 4.79 Å². The predicted molar refractivity (Wildman–Crippen MR) is 78.5 cm³/mol. The molecule has 110 valence electrons. The van der Waals surface area contributed by atoms with Crippen molar-refractivity contribution in [3.8, 4) is 0 Å². The van der Waals surface area contributed by atoms with E-state index in [1.807, 2.05) is 32.0 Å². The average molecular weight is 276 g/mol. The van der Waals surface area contributed by atoms with Gasteiger partial charge in [-0.15, -0.1) is 0 Å². The van der Waals surface area contributed by atoms with Crippen LogP contribution in [0.4, 0.5) is 0 Å². The second-order valence-corrected chi connectivity index (χ2v) is 6.14. The van der Waals surface area contributed by atoms with E-state index in [4.69, 9.17) is 0 Å².